The second-order valence-electron chi connectivity index (χ2n) is 9.54. The number of Topliss-reactive ketones (excluding diaryl/α,β-unsaturated/α-hetero) is 1. The van der Waals surface area contributed by atoms with Crippen molar-refractivity contribution < 1.29 is 18.1 Å². The highest BCUT2D eigenvalue weighted by atomic mass is 35.5. The summed E-state index contributed by atoms with van der Waals surface area (Å²) in [6, 6.07) is 25.4. The van der Waals surface area contributed by atoms with Gasteiger partial charge in [-0.3, -0.25) is 19.2 Å². The second-order valence-corrected chi connectivity index (χ2v) is 11.8. The summed E-state index contributed by atoms with van der Waals surface area (Å²) in [5.74, 6) is -1.14. The molecule has 0 aliphatic carbocycles. The first kappa shape index (κ1) is 26.6. The van der Waals surface area contributed by atoms with Gasteiger partial charge in [0.25, 0.3) is 10.0 Å². The monoisotopic (exact) mass is 560 g/mol. The van der Waals surface area contributed by atoms with E-state index in [0.29, 0.717) is 27.4 Å². The summed E-state index contributed by atoms with van der Waals surface area (Å²) < 4.78 is 29.6. The van der Waals surface area contributed by atoms with Gasteiger partial charge in [-0.1, -0.05) is 90.0 Å². The number of hydrogen-bond donors (Lipinski definition) is 0. The third kappa shape index (κ3) is 5.05. The topological polar surface area (TPSA) is 97.6 Å². The lowest BCUT2D eigenvalue weighted by atomic mass is 9.77. The maximum absolute atomic E-state index is 14.2. The fourth-order valence-electron chi connectivity index (χ4n) is 5.22. The van der Waals surface area contributed by atoms with E-state index in [9.17, 15) is 23.3 Å². The summed E-state index contributed by atoms with van der Waals surface area (Å²) in [6.07, 6.45) is -0.158. The molecule has 0 bridgehead atoms. The van der Waals surface area contributed by atoms with E-state index in [1.807, 2.05) is 6.92 Å². The van der Waals surface area contributed by atoms with E-state index in [0.717, 1.165) is 9.87 Å². The van der Waals surface area contributed by atoms with Crippen LogP contribution in [0.4, 0.5) is 5.69 Å². The van der Waals surface area contributed by atoms with Crippen LogP contribution in [0.1, 0.15) is 45.4 Å². The van der Waals surface area contributed by atoms with Crippen molar-refractivity contribution in [3.63, 3.8) is 0 Å². The van der Waals surface area contributed by atoms with Gasteiger partial charge in [0, 0.05) is 21.9 Å². The number of rotatable bonds is 7. The van der Waals surface area contributed by atoms with Crippen LogP contribution in [0.25, 0.3) is 0 Å². The Morgan fingerprint density at radius 1 is 0.897 bits per heavy atom. The molecule has 0 saturated heterocycles. The zero-order valence-electron chi connectivity index (χ0n) is 21.0. The van der Waals surface area contributed by atoms with E-state index < -0.39 is 32.9 Å². The number of nitro groups is 1. The molecule has 3 atom stereocenters. The first-order valence-corrected chi connectivity index (χ1v) is 14.2. The number of nitrogens with zero attached hydrogens (tertiary/aromatic N) is 2. The Balaban J connectivity index is 1.74. The minimum Gasteiger partial charge on any atom is -0.294 e. The van der Waals surface area contributed by atoms with Gasteiger partial charge in [-0.2, -0.15) is 0 Å². The molecule has 0 aromatic heterocycles. The predicted molar refractivity (Wildman–Crippen MR) is 150 cm³/mol. The first-order chi connectivity index (χ1) is 18.7. The number of para-hydroxylation sites is 1. The molecule has 0 amide bonds. The average molecular weight is 561 g/mol. The number of benzene rings is 4. The third-order valence-electron chi connectivity index (χ3n) is 7.10. The molecule has 0 spiro atoms. The number of carbonyl (C=O) groups excluding carboxylic acids is 1. The van der Waals surface area contributed by atoms with Crippen LogP contribution in [0.2, 0.25) is 5.02 Å². The van der Waals surface area contributed by atoms with Crippen molar-refractivity contribution in [2.75, 3.05) is 4.31 Å². The Labute approximate surface area is 231 Å². The maximum Gasteiger partial charge on any atom is 0.265 e. The number of hydrogen-bond acceptors (Lipinski definition) is 5. The quantitative estimate of drug-likeness (QED) is 0.144. The van der Waals surface area contributed by atoms with Gasteiger partial charge in [-0.15, -0.1) is 0 Å². The normalized spacial score (nSPS) is 18.8. The third-order valence-corrected chi connectivity index (χ3v) is 9.16. The van der Waals surface area contributed by atoms with Crippen molar-refractivity contribution in [3.8, 4) is 0 Å². The van der Waals surface area contributed by atoms with Crippen LogP contribution < -0.4 is 4.31 Å². The van der Waals surface area contributed by atoms with Gasteiger partial charge >= 0.3 is 0 Å². The molecule has 5 rings (SSSR count). The van der Waals surface area contributed by atoms with Crippen molar-refractivity contribution in [1.82, 2.24) is 0 Å². The van der Waals surface area contributed by atoms with Crippen LogP contribution in [-0.4, -0.2) is 25.2 Å². The van der Waals surface area contributed by atoms with Crippen LogP contribution in [0.5, 0.6) is 0 Å². The van der Waals surface area contributed by atoms with Gasteiger partial charge in [0.15, 0.2) is 5.78 Å². The van der Waals surface area contributed by atoms with Crippen molar-refractivity contribution in [1.29, 1.82) is 0 Å². The maximum atomic E-state index is 14.2. The molecule has 4 aromatic carbocycles. The Morgan fingerprint density at radius 3 is 2.15 bits per heavy atom. The van der Waals surface area contributed by atoms with Crippen LogP contribution in [0.15, 0.2) is 108 Å². The molecular weight excluding hydrogens is 536 g/mol. The highest BCUT2D eigenvalue weighted by Crippen LogP contribution is 2.50. The van der Waals surface area contributed by atoms with Gasteiger partial charge in [0.05, 0.1) is 16.5 Å². The van der Waals surface area contributed by atoms with Crippen molar-refractivity contribution in [2.24, 2.45) is 0 Å². The molecule has 0 fully saturated rings. The largest absolute Gasteiger partial charge is 0.294 e. The minimum atomic E-state index is -4.26. The van der Waals surface area contributed by atoms with Crippen molar-refractivity contribution in [3.05, 3.63) is 141 Å². The van der Waals surface area contributed by atoms with Crippen LogP contribution in [-0.2, 0) is 10.0 Å². The van der Waals surface area contributed by atoms with Gasteiger partial charge in [-0.05, 0) is 48.4 Å². The van der Waals surface area contributed by atoms with Gasteiger partial charge in [0.1, 0.15) is 6.04 Å². The zero-order chi connectivity index (χ0) is 27.7. The fraction of sp³-hybridized carbons (Fsp3) is 0.167. The van der Waals surface area contributed by atoms with Gasteiger partial charge in [0.2, 0.25) is 6.04 Å². The molecule has 0 N–H and O–H groups in total. The number of fused-ring (bicyclic) bond motifs is 1. The minimum absolute atomic E-state index is 0.0165. The van der Waals surface area contributed by atoms with E-state index in [-0.39, 0.29) is 17.1 Å². The zero-order valence-corrected chi connectivity index (χ0v) is 22.5. The SMILES string of the molecule is Cc1ccc(S(=O)(=O)N2c3ccccc3[C@@H](CC(=O)c3ccccc3)[C@H]([N+](=O)[O-])[C@H]2c2ccc(Cl)cc2)cc1. The molecule has 0 saturated carbocycles. The molecule has 7 nitrogen and oxygen atoms in total. The van der Waals surface area contributed by atoms with E-state index >= 15 is 0 Å². The first-order valence-electron chi connectivity index (χ1n) is 12.4. The standard InChI is InChI=1S/C30H25ClN2O5S/c1-20-11-17-24(18-12-20)39(37,38)32-27-10-6-5-9-25(27)26(19-28(34)21-7-3-2-4-8-21)30(33(35)36)29(32)22-13-15-23(31)16-14-22/h2-18,26,29-30H,19H2,1H3/t26-,29-,30+/m1/s1. The van der Waals surface area contributed by atoms with Crippen molar-refractivity contribution in [2.45, 2.75) is 36.2 Å². The van der Waals surface area contributed by atoms with Crippen molar-refractivity contribution >= 4 is 33.1 Å². The summed E-state index contributed by atoms with van der Waals surface area (Å²) >= 11 is 6.12. The van der Waals surface area contributed by atoms with Gasteiger partial charge < -0.3 is 0 Å². The number of carbonyl (C=O) groups is 1. The number of sulfonamides is 1. The molecule has 1 aliphatic heterocycles. The highest BCUT2D eigenvalue weighted by molar-refractivity contribution is 7.92. The van der Waals surface area contributed by atoms with E-state index in [1.165, 1.54) is 12.1 Å². The summed E-state index contributed by atoms with van der Waals surface area (Å²) in [5.41, 5.74) is 2.47. The highest BCUT2D eigenvalue weighted by Gasteiger charge is 2.53. The summed E-state index contributed by atoms with van der Waals surface area (Å²) in [6.45, 7) is 1.85. The number of ketones is 1. The lowest BCUT2D eigenvalue weighted by molar-refractivity contribution is -0.531. The second kappa shape index (κ2) is 10.6. The average Bonchev–Trinajstić information content (AvgIpc) is 2.93. The van der Waals surface area contributed by atoms with Crippen LogP contribution in [0, 0.1) is 17.0 Å². The molecule has 0 radical (unpaired) electrons. The Hall–Kier alpha value is -4.01. The smallest absolute Gasteiger partial charge is 0.265 e. The summed E-state index contributed by atoms with van der Waals surface area (Å²) in [5, 5.41) is 13.3. The Bertz CT molecular complexity index is 1620. The number of halogens is 1. The number of aryl methyl sites for hydroxylation is 1. The Kier molecular flexibility index (Phi) is 7.25. The summed E-state index contributed by atoms with van der Waals surface area (Å²) in [4.78, 5) is 25.7. The van der Waals surface area contributed by atoms with E-state index in [2.05, 4.69) is 0 Å². The molecule has 39 heavy (non-hydrogen) atoms. The van der Waals surface area contributed by atoms with Gasteiger partial charge in [-0.25, -0.2) is 8.42 Å². The van der Waals surface area contributed by atoms with E-state index in [4.69, 9.17) is 11.6 Å². The summed E-state index contributed by atoms with van der Waals surface area (Å²) in [7, 11) is -4.26. The predicted octanol–water partition coefficient (Wildman–Crippen LogP) is 6.60. The molecule has 198 valence electrons. The Morgan fingerprint density at radius 2 is 1.51 bits per heavy atom. The van der Waals surface area contributed by atoms with E-state index in [1.54, 1.807) is 91.0 Å². The molecule has 9 heteroatoms. The van der Waals surface area contributed by atoms with Crippen LogP contribution in [0.3, 0.4) is 0 Å². The molecular formula is C30H25ClN2O5S. The fourth-order valence-corrected chi connectivity index (χ4v) is 7.03. The van der Waals surface area contributed by atoms with Crippen LogP contribution >= 0.6 is 11.6 Å². The molecule has 0 unspecified atom stereocenters. The number of anilines is 1. The lowest BCUT2D eigenvalue weighted by Crippen LogP contribution is -2.50. The molecule has 4 aromatic rings. The lowest BCUT2D eigenvalue weighted by Gasteiger charge is -2.42. The molecule has 1 heterocycles. The molecule has 1 aliphatic rings.